The lowest BCUT2D eigenvalue weighted by Crippen LogP contribution is -2.05. The van der Waals surface area contributed by atoms with E-state index in [0.29, 0.717) is 12.6 Å². The van der Waals surface area contributed by atoms with Crippen LogP contribution in [-0.2, 0) is 6.54 Å². The molecule has 5 nitrogen and oxygen atoms in total. The van der Waals surface area contributed by atoms with Crippen molar-refractivity contribution in [2.75, 3.05) is 19.5 Å². The number of nitrogens with zero attached hydrogens (tertiary/aromatic N) is 2. The number of rotatable bonds is 6. The van der Waals surface area contributed by atoms with Crippen LogP contribution in [0.4, 0.5) is 5.69 Å². The second-order valence-corrected chi connectivity index (χ2v) is 4.80. The van der Waals surface area contributed by atoms with Crippen LogP contribution in [0.1, 0.15) is 25.6 Å². The highest BCUT2D eigenvalue weighted by Gasteiger charge is 2.06. The third-order valence-electron chi connectivity index (χ3n) is 3.06. The highest BCUT2D eigenvalue weighted by Crippen LogP contribution is 2.29. The van der Waals surface area contributed by atoms with Gasteiger partial charge in [0.15, 0.2) is 0 Å². The summed E-state index contributed by atoms with van der Waals surface area (Å²) in [5.74, 6) is 1.53. The van der Waals surface area contributed by atoms with Gasteiger partial charge in [0.25, 0.3) is 0 Å². The molecule has 0 aliphatic carbocycles. The molecule has 0 unspecified atom stereocenters. The van der Waals surface area contributed by atoms with Crippen LogP contribution in [-0.4, -0.2) is 24.0 Å². The molecule has 0 bridgehead atoms. The van der Waals surface area contributed by atoms with Gasteiger partial charge in [-0.2, -0.15) is 5.10 Å². The fraction of sp³-hybridized carbons (Fsp3) is 0.400. The summed E-state index contributed by atoms with van der Waals surface area (Å²) >= 11 is 0. The van der Waals surface area contributed by atoms with Crippen molar-refractivity contribution in [2.45, 2.75) is 26.4 Å². The fourth-order valence-electron chi connectivity index (χ4n) is 1.89. The molecule has 1 aromatic heterocycles. The molecule has 2 rings (SSSR count). The number of anilines is 1. The van der Waals surface area contributed by atoms with E-state index in [9.17, 15) is 0 Å². The van der Waals surface area contributed by atoms with Crippen molar-refractivity contribution >= 4 is 5.69 Å². The van der Waals surface area contributed by atoms with Gasteiger partial charge in [0.2, 0.25) is 0 Å². The van der Waals surface area contributed by atoms with Gasteiger partial charge in [-0.15, -0.1) is 0 Å². The van der Waals surface area contributed by atoms with Crippen LogP contribution in [0.5, 0.6) is 11.5 Å². The first-order valence-corrected chi connectivity index (χ1v) is 6.64. The third-order valence-corrected chi connectivity index (χ3v) is 3.06. The molecule has 0 aliphatic heterocycles. The molecule has 0 spiro atoms. The molecule has 108 valence electrons. The van der Waals surface area contributed by atoms with Crippen molar-refractivity contribution in [3.63, 3.8) is 0 Å². The molecule has 0 saturated heterocycles. The minimum absolute atomic E-state index is 0.374. The summed E-state index contributed by atoms with van der Waals surface area (Å²) in [6.45, 7) is 4.87. The topological polar surface area (TPSA) is 48.3 Å². The molecule has 0 aliphatic rings. The van der Waals surface area contributed by atoms with E-state index in [1.54, 1.807) is 14.2 Å². The maximum Gasteiger partial charge on any atom is 0.145 e. The van der Waals surface area contributed by atoms with Gasteiger partial charge in [-0.05, 0) is 32.0 Å². The van der Waals surface area contributed by atoms with Crippen molar-refractivity contribution in [1.29, 1.82) is 0 Å². The summed E-state index contributed by atoms with van der Waals surface area (Å²) in [4.78, 5) is 0. The predicted molar refractivity (Wildman–Crippen MR) is 79.5 cm³/mol. The first kappa shape index (κ1) is 14.2. The maximum absolute atomic E-state index is 5.35. The van der Waals surface area contributed by atoms with Gasteiger partial charge in [0.05, 0.1) is 32.1 Å². The quantitative estimate of drug-likeness (QED) is 0.880. The van der Waals surface area contributed by atoms with Crippen molar-refractivity contribution in [2.24, 2.45) is 0 Å². The van der Waals surface area contributed by atoms with E-state index in [1.165, 1.54) is 0 Å². The zero-order valence-electron chi connectivity index (χ0n) is 12.4. The summed E-state index contributed by atoms with van der Waals surface area (Å²) in [7, 11) is 3.29. The Morgan fingerprint density at radius 1 is 1.20 bits per heavy atom. The molecule has 0 radical (unpaired) electrons. The van der Waals surface area contributed by atoms with Crippen LogP contribution in [0.15, 0.2) is 30.5 Å². The molecule has 1 heterocycles. The Morgan fingerprint density at radius 2 is 2.00 bits per heavy atom. The standard InChI is InChI=1S/C15H21N3O2/c1-11(2)18-8-7-12(17-18)10-16-14-6-5-13(19-3)9-15(14)20-4/h5-9,11,16H,10H2,1-4H3. The molecule has 0 fully saturated rings. The highest BCUT2D eigenvalue weighted by atomic mass is 16.5. The Kier molecular flexibility index (Phi) is 4.50. The lowest BCUT2D eigenvalue weighted by Gasteiger charge is -2.11. The number of nitrogens with one attached hydrogen (secondary N) is 1. The lowest BCUT2D eigenvalue weighted by molar-refractivity contribution is 0.395. The molecule has 0 saturated carbocycles. The van der Waals surface area contributed by atoms with Gasteiger partial charge in [0.1, 0.15) is 11.5 Å². The summed E-state index contributed by atoms with van der Waals surface area (Å²) < 4.78 is 12.5. The largest absolute Gasteiger partial charge is 0.497 e. The molecule has 1 N–H and O–H groups in total. The summed E-state index contributed by atoms with van der Waals surface area (Å²) in [6, 6.07) is 8.09. The molecular formula is C15H21N3O2. The molecule has 5 heteroatoms. The Balaban J connectivity index is 2.06. The van der Waals surface area contributed by atoms with Gasteiger partial charge >= 0.3 is 0 Å². The Hall–Kier alpha value is -2.17. The average Bonchev–Trinajstić information content (AvgIpc) is 2.94. The molecule has 1 aromatic carbocycles. The second kappa shape index (κ2) is 6.32. The van der Waals surface area contributed by atoms with Crippen LogP contribution in [0, 0.1) is 0 Å². The fourth-order valence-corrected chi connectivity index (χ4v) is 1.89. The minimum atomic E-state index is 0.374. The Labute approximate surface area is 119 Å². The third kappa shape index (κ3) is 3.23. The van der Waals surface area contributed by atoms with Gasteiger partial charge in [0, 0.05) is 18.3 Å². The van der Waals surface area contributed by atoms with Crippen molar-refractivity contribution in [1.82, 2.24) is 9.78 Å². The minimum Gasteiger partial charge on any atom is -0.497 e. The average molecular weight is 275 g/mol. The lowest BCUT2D eigenvalue weighted by atomic mass is 10.2. The summed E-state index contributed by atoms with van der Waals surface area (Å²) in [5, 5.41) is 7.83. The molecule has 20 heavy (non-hydrogen) atoms. The van der Waals surface area contributed by atoms with E-state index >= 15 is 0 Å². The molecule has 0 amide bonds. The van der Waals surface area contributed by atoms with Crippen LogP contribution >= 0.6 is 0 Å². The number of ether oxygens (including phenoxy) is 2. The molecular weight excluding hydrogens is 254 g/mol. The van der Waals surface area contributed by atoms with Crippen molar-refractivity contribution < 1.29 is 9.47 Å². The normalized spacial score (nSPS) is 10.7. The van der Waals surface area contributed by atoms with Crippen LogP contribution in [0.25, 0.3) is 0 Å². The zero-order chi connectivity index (χ0) is 14.5. The van der Waals surface area contributed by atoms with E-state index in [-0.39, 0.29) is 0 Å². The number of methoxy groups -OCH3 is 2. The Bertz CT molecular complexity index is 564. The van der Waals surface area contributed by atoms with Crippen molar-refractivity contribution in [3.05, 3.63) is 36.2 Å². The van der Waals surface area contributed by atoms with E-state index in [4.69, 9.17) is 9.47 Å². The number of hydrogen-bond acceptors (Lipinski definition) is 4. The number of benzene rings is 1. The first-order valence-electron chi connectivity index (χ1n) is 6.64. The smallest absolute Gasteiger partial charge is 0.145 e. The zero-order valence-corrected chi connectivity index (χ0v) is 12.4. The van der Waals surface area contributed by atoms with Gasteiger partial charge in [-0.3, -0.25) is 4.68 Å². The van der Waals surface area contributed by atoms with E-state index in [0.717, 1.165) is 22.9 Å². The Morgan fingerprint density at radius 3 is 2.60 bits per heavy atom. The predicted octanol–water partition coefficient (Wildman–Crippen LogP) is 3.09. The van der Waals surface area contributed by atoms with Crippen LogP contribution < -0.4 is 14.8 Å². The van der Waals surface area contributed by atoms with Crippen molar-refractivity contribution in [3.8, 4) is 11.5 Å². The van der Waals surface area contributed by atoms with E-state index in [2.05, 4.69) is 24.3 Å². The molecule has 2 aromatic rings. The summed E-state index contributed by atoms with van der Waals surface area (Å²) in [6.07, 6.45) is 1.99. The molecule has 0 atom stereocenters. The van der Waals surface area contributed by atoms with Crippen LogP contribution in [0.3, 0.4) is 0 Å². The van der Waals surface area contributed by atoms with Gasteiger partial charge in [-0.25, -0.2) is 0 Å². The highest BCUT2D eigenvalue weighted by molar-refractivity contribution is 5.59. The van der Waals surface area contributed by atoms with E-state index in [1.807, 2.05) is 35.1 Å². The monoisotopic (exact) mass is 275 g/mol. The first-order chi connectivity index (χ1) is 9.63. The van der Waals surface area contributed by atoms with Gasteiger partial charge in [-0.1, -0.05) is 0 Å². The summed E-state index contributed by atoms with van der Waals surface area (Å²) in [5.41, 5.74) is 1.92. The van der Waals surface area contributed by atoms with Gasteiger partial charge < -0.3 is 14.8 Å². The maximum atomic E-state index is 5.35. The van der Waals surface area contributed by atoms with Crippen LogP contribution in [0.2, 0.25) is 0 Å². The number of aromatic nitrogens is 2. The SMILES string of the molecule is COc1ccc(NCc2ccn(C(C)C)n2)c(OC)c1. The second-order valence-electron chi connectivity index (χ2n) is 4.80. The van der Waals surface area contributed by atoms with E-state index < -0.39 is 0 Å². The number of hydrogen-bond donors (Lipinski definition) is 1.